The monoisotopic (exact) mass is 261 g/mol. The van der Waals surface area contributed by atoms with Gasteiger partial charge < -0.3 is 19.8 Å². The molecule has 102 valence electrons. The van der Waals surface area contributed by atoms with Gasteiger partial charge in [0.25, 0.3) is 0 Å². The summed E-state index contributed by atoms with van der Waals surface area (Å²) in [7, 11) is 3.31. The van der Waals surface area contributed by atoms with E-state index in [0.717, 1.165) is 42.3 Å². The predicted molar refractivity (Wildman–Crippen MR) is 73.5 cm³/mol. The van der Waals surface area contributed by atoms with Crippen LogP contribution in [0, 0.1) is 0 Å². The average molecular weight is 261 g/mol. The van der Waals surface area contributed by atoms with Gasteiger partial charge in [-0.05, 0) is 17.7 Å². The second-order valence-electron chi connectivity index (χ2n) is 4.22. The van der Waals surface area contributed by atoms with Crippen LogP contribution in [0.15, 0.2) is 30.7 Å². The number of rotatable bonds is 7. The Bertz CT molecular complexity index is 475. The van der Waals surface area contributed by atoms with Crippen LogP contribution < -0.4 is 14.8 Å². The summed E-state index contributed by atoms with van der Waals surface area (Å²) in [5.41, 5.74) is 2.27. The normalized spacial score (nSPS) is 10.4. The minimum atomic E-state index is 0.779. The number of hydrogen-bond donors (Lipinski definition) is 2. The van der Waals surface area contributed by atoms with Crippen LogP contribution in [0.3, 0.4) is 0 Å². The number of benzene rings is 1. The lowest BCUT2D eigenvalue weighted by Gasteiger charge is -2.09. The lowest BCUT2D eigenvalue weighted by atomic mass is 10.2. The molecule has 0 atom stereocenters. The summed E-state index contributed by atoms with van der Waals surface area (Å²) in [6.45, 7) is 1.67. The molecule has 5 nitrogen and oxygen atoms in total. The lowest BCUT2D eigenvalue weighted by Crippen LogP contribution is -2.16. The second kappa shape index (κ2) is 6.80. The van der Waals surface area contributed by atoms with Crippen LogP contribution in [0.4, 0.5) is 0 Å². The number of aromatic amines is 1. The van der Waals surface area contributed by atoms with E-state index in [1.807, 2.05) is 24.4 Å². The van der Waals surface area contributed by atoms with Crippen molar-refractivity contribution in [3.8, 4) is 11.5 Å². The van der Waals surface area contributed by atoms with Crippen LogP contribution in [0.25, 0.3) is 0 Å². The zero-order chi connectivity index (χ0) is 13.5. The van der Waals surface area contributed by atoms with Crippen molar-refractivity contribution in [3.05, 3.63) is 42.0 Å². The fourth-order valence-electron chi connectivity index (χ4n) is 1.85. The number of H-pyrrole nitrogens is 1. The molecule has 0 amide bonds. The van der Waals surface area contributed by atoms with Gasteiger partial charge in [-0.25, -0.2) is 4.98 Å². The molecule has 0 aliphatic carbocycles. The highest BCUT2D eigenvalue weighted by Crippen LogP contribution is 2.22. The Kier molecular flexibility index (Phi) is 4.80. The van der Waals surface area contributed by atoms with Gasteiger partial charge in [0.15, 0.2) is 0 Å². The van der Waals surface area contributed by atoms with Crippen molar-refractivity contribution < 1.29 is 9.47 Å². The van der Waals surface area contributed by atoms with Gasteiger partial charge in [0.2, 0.25) is 0 Å². The minimum absolute atomic E-state index is 0.779. The van der Waals surface area contributed by atoms with Crippen molar-refractivity contribution >= 4 is 0 Å². The van der Waals surface area contributed by atoms with Crippen LogP contribution >= 0.6 is 0 Å². The first-order valence-electron chi connectivity index (χ1n) is 6.21. The Morgan fingerprint density at radius 2 is 1.89 bits per heavy atom. The molecule has 0 saturated heterocycles. The van der Waals surface area contributed by atoms with Gasteiger partial charge in [0.05, 0.1) is 20.5 Å². The van der Waals surface area contributed by atoms with Gasteiger partial charge in [-0.2, -0.15) is 0 Å². The van der Waals surface area contributed by atoms with Crippen LogP contribution in [0.2, 0.25) is 0 Å². The SMILES string of the molecule is COc1cc(CNCCc2cnc[nH]2)cc(OC)c1. The van der Waals surface area contributed by atoms with Crippen molar-refractivity contribution in [2.75, 3.05) is 20.8 Å². The maximum absolute atomic E-state index is 5.24. The van der Waals surface area contributed by atoms with E-state index in [9.17, 15) is 0 Å². The summed E-state index contributed by atoms with van der Waals surface area (Å²) in [6.07, 6.45) is 4.47. The van der Waals surface area contributed by atoms with Gasteiger partial charge in [-0.15, -0.1) is 0 Å². The largest absolute Gasteiger partial charge is 0.497 e. The van der Waals surface area contributed by atoms with Gasteiger partial charge in [-0.3, -0.25) is 0 Å². The Morgan fingerprint density at radius 3 is 2.47 bits per heavy atom. The fourth-order valence-corrected chi connectivity index (χ4v) is 1.85. The number of aromatic nitrogens is 2. The maximum atomic E-state index is 5.24. The molecule has 1 aromatic heterocycles. The maximum Gasteiger partial charge on any atom is 0.122 e. The summed E-state index contributed by atoms with van der Waals surface area (Å²) in [4.78, 5) is 7.07. The number of hydrogen-bond acceptors (Lipinski definition) is 4. The van der Waals surface area contributed by atoms with Gasteiger partial charge in [0, 0.05) is 37.5 Å². The molecule has 0 spiro atoms. The quantitative estimate of drug-likeness (QED) is 0.746. The smallest absolute Gasteiger partial charge is 0.122 e. The Labute approximate surface area is 113 Å². The summed E-state index contributed by atoms with van der Waals surface area (Å²) >= 11 is 0. The molecule has 2 N–H and O–H groups in total. The van der Waals surface area contributed by atoms with Gasteiger partial charge in [0.1, 0.15) is 11.5 Å². The third-order valence-corrected chi connectivity index (χ3v) is 2.87. The first-order chi connectivity index (χ1) is 9.31. The number of nitrogens with one attached hydrogen (secondary N) is 2. The zero-order valence-electron chi connectivity index (χ0n) is 11.3. The fraction of sp³-hybridized carbons (Fsp3) is 0.357. The molecule has 2 aromatic rings. The van der Waals surface area contributed by atoms with Crippen molar-refractivity contribution in [3.63, 3.8) is 0 Å². The van der Waals surface area contributed by atoms with Crippen molar-refractivity contribution in [1.29, 1.82) is 0 Å². The van der Waals surface area contributed by atoms with Crippen LogP contribution in [0.5, 0.6) is 11.5 Å². The molecular weight excluding hydrogens is 242 g/mol. The van der Waals surface area contributed by atoms with Gasteiger partial charge in [-0.1, -0.05) is 0 Å². The molecule has 1 heterocycles. The van der Waals surface area contributed by atoms with E-state index < -0.39 is 0 Å². The van der Waals surface area contributed by atoms with Crippen LogP contribution in [-0.2, 0) is 13.0 Å². The minimum Gasteiger partial charge on any atom is -0.497 e. The van der Waals surface area contributed by atoms with Crippen molar-refractivity contribution in [1.82, 2.24) is 15.3 Å². The molecular formula is C14H19N3O2. The first-order valence-corrected chi connectivity index (χ1v) is 6.21. The average Bonchev–Trinajstić information content (AvgIpc) is 2.96. The van der Waals surface area contributed by atoms with E-state index >= 15 is 0 Å². The summed E-state index contributed by atoms with van der Waals surface area (Å²) in [5, 5.41) is 3.38. The highest BCUT2D eigenvalue weighted by Gasteiger charge is 2.01. The molecule has 1 aromatic carbocycles. The van der Waals surface area contributed by atoms with Crippen LogP contribution in [-0.4, -0.2) is 30.7 Å². The molecule has 0 aliphatic heterocycles. The lowest BCUT2D eigenvalue weighted by molar-refractivity contribution is 0.393. The number of methoxy groups -OCH3 is 2. The summed E-state index contributed by atoms with van der Waals surface area (Å²) in [5.74, 6) is 1.62. The first kappa shape index (κ1) is 13.4. The zero-order valence-corrected chi connectivity index (χ0v) is 11.3. The molecule has 0 radical (unpaired) electrons. The van der Waals surface area contributed by atoms with Gasteiger partial charge >= 0.3 is 0 Å². The van der Waals surface area contributed by atoms with E-state index in [2.05, 4.69) is 15.3 Å². The third kappa shape index (κ3) is 3.99. The van der Waals surface area contributed by atoms with E-state index in [1.54, 1.807) is 20.5 Å². The van der Waals surface area contributed by atoms with E-state index in [1.165, 1.54) is 0 Å². The number of imidazole rings is 1. The van der Waals surface area contributed by atoms with Crippen molar-refractivity contribution in [2.24, 2.45) is 0 Å². The van der Waals surface area contributed by atoms with E-state index in [4.69, 9.17) is 9.47 Å². The van der Waals surface area contributed by atoms with E-state index in [0.29, 0.717) is 0 Å². The molecule has 19 heavy (non-hydrogen) atoms. The molecule has 0 saturated carbocycles. The topological polar surface area (TPSA) is 59.2 Å². The molecule has 0 bridgehead atoms. The highest BCUT2D eigenvalue weighted by atomic mass is 16.5. The molecule has 0 unspecified atom stereocenters. The molecule has 0 fully saturated rings. The Balaban J connectivity index is 1.84. The molecule has 5 heteroatoms. The third-order valence-electron chi connectivity index (χ3n) is 2.87. The summed E-state index contributed by atoms with van der Waals surface area (Å²) < 4.78 is 10.5. The number of ether oxygens (including phenoxy) is 2. The molecule has 0 aliphatic rings. The van der Waals surface area contributed by atoms with E-state index in [-0.39, 0.29) is 0 Å². The Morgan fingerprint density at radius 1 is 1.16 bits per heavy atom. The standard InChI is InChI=1S/C14H19N3O2/c1-18-13-5-11(6-14(7-13)19-2)8-15-4-3-12-9-16-10-17-12/h5-7,9-10,15H,3-4,8H2,1-2H3,(H,16,17). The highest BCUT2D eigenvalue weighted by molar-refractivity contribution is 5.38. The van der Waals surface area contributed by atoms with Crippen molar-refractivity contribution in [2.45, 2.75) is 13.0 Å². The predicted octanol–water partition coefficient (Wildman–Crippen LogP) is 1.76. The Hall–Kier alpha value is -2.01. The molecule has 2 rings (SSSR count). The number of nitrogens with zero attached hydrogens (tertiary/aromatic N) is 1. The second-order valence-corrected chi connectivity index (χ2v) is 4.22. The summed E-state index contributed by atoms with van der Waals surface area (Å²) in [6, 6.07) is 5.88. The van der Waals surface area contributed by atoms with Crippen LogP contribution in [0.1, 0.15) is 11.3 Å².